The average molecular weight is 410 g/mol. The third-order valence-corrected chi connectivity index (χ3v) is 5.24. The molecule has 154 valence electrons. The third kappa shape index (κ3) is 3.38. The van der Waals surface area contributed by atoms with E-state index < -0.39 is 5.54 Å². The molecule has 0 aliphatic carbocycles. The molecule has 1 atom stereocenters. The molecule has 0 saturated carbocycles. The van der Waals surface area contributed by atoms with E-state index in [1.165, 1.54) is 0 Å². The zero-order chi connectivity index (χ0) is 21.6. The van der Waals surface area contributed by atoms with Gasteiger partial charge in [0.05, 0.1) is 5.56 Å². The summed E-state index contributed by atoms with van der Waals surface area (Å²) in [5.41, 5.74) is 9.52. The molecule has 2 aliphatic heterocycles. The van der Waals surface area contributed by atoms with Crippen molar-refractivity contribution in [2.24, 2.45) is 16.1 Å². The van der Waals surface area contributed by atoms with Crippen molar-refractivity contribution < 1.29 is 9.47 Å². The molecule has 31 heavy (non-hydrogen) atoms. The second-order valence-electron chi connectivity index (χ2n) is 8.73. The van der Waals surface area contributed by atoms with Crippen molar-refractivity contribution in [2.75, 3.05) is 6.61 Å². The number of hydrogen-bond acceptors (Lipinski definition) is 6. The fraction of sp³-hybridized carbons (Fsp3) is 0.240. The Balaban J connectivity index is 1.69. The van der Waals surface area contributed by atoms with Crippen molar-refractivity contribution in [3.63, 3.8) is 0 Å². The summed E-state index contributed by atoms with van der Waals surface area (Å²) >= 11 is 0. The van der Waals surface area contributed by atoms with Gasteiger partial charge in [0.2, 0.25) is 5.88 Å². The van der Waals surface area contributed by atoms with Crippen molar-refractivity contribution in [1.29, 1.82) is 0 Å². The SMILES string of the molecule is CC(C)(C)C#Cc1cnc2c(c1)[C@]1(COC(N)=N1)c1cc(-c3cccnc3)ccc1O2. The van der Waals surface area contributed by atoms with Gasteiger partial charge in [0.15, 0.2) is 5.54 Å². The fourth-order valence-electron chi connectivity index (χ4n) is 3.77. The monoisotopic (exact) mass is 410 g/mol. The van der Waals surface area contributed by atoms with Gasteiger partial charge in [-0.15, -0.1) is 0 Å². The number of hydrogen-bond donors (Lipinski definition) is 1. The summed E-state index contributed by atoms with van der Waals surface area (Å²) in [4.78, 5) is 13.5. The van der Waals surface area contributed by atoms with Crippen LogP contribution in [0.15, 0.2) is 60.0 Å². The highest BCUT2D eigenvalue weighted by molar-refractivity contribution is 5.77. The lowest BCUT2D eigenvalue weighted by atomic mass is 9.81. The van der Waals surface area contributed by atoms with Crippen molar-refractivity contribution in [3.05, 3.63) is 71.7 Å². The van der Waals surface area contributed by atoms with Crippen LogP contribution in [0.5, 0.6) is 11.6 Å². The van der Waals surface area contributed by atoms with Crippen LogP contribution in [0.25, 0.3) is 11.1 Å². The van der Waals surface area contributed by atoms with Crippen molar-refractivity contribution in [3.8, 4) is 34.6 Å². The number of pyridine rings is 2. The van der Waals surface area contributed by atoms with Crippen LogP contribution in [-0.4, -0.2) is 22.6 Å². The number of fused-ring (bicyclic) bond motifs is 4. The van der Waals surface area contributed by atoms with E-state index in [0.717, 1.165) is 27.8 Å². The molecule has 0 fully saturated rings. The minimum atomic E-state index is -0.836. The Bertz CT molecular complexity index is 1270. The molecule has 5 rings (SSSR count). The number of ether oxygens (including phenoxy) is 2. The first-order chi connectivity index (χ1) is 14.8. The Hall–Kier alpha value is -3.85. The number of nitrogens with zero attached hydrogens (tertiary/aromatic N) is 3. The molecule has 0 amide bonds. The van der Waals surface area contributed by atoms with Crippen LogP contribution >= 0.6 is 0 Å². The molecule has 0 unspecified atom stereocenters. The molecule has 0 saturated heterocycles. The summed E-state index contributed by atoms with van der Waals surface area (Å²) in [5.74, 6) is 7.64. The van der Waals surface area contributed by atoms with Gasteiger partial charge in [0.25, 0.3) is 6.02 Å². The van der Waals surface area contributed by atoms with E-state index in [1.807, 2.05) is 36.5 Å². The van der Waals surface area contributed by atoms with Gasteiger partial charge in [-0.25, -0.2) is 9.98 Å². The van der Waals surface area contributed by atoms with Crippen LogP contribution in [0.1, 0.15) is 37.5 Å². The summed E-state index contributed by atoms with van der Waals surface area (Å²) in [6.45, 7) is 6.49. The molecule has 1 spiro atoms. The molecule has 0 bridgehead atoms. The van der Waals surface area contributed by atoms with Crippen LogP contribution in [0.2, 0.25) is 0 Å². The van der Waals surface area contributed by atoms with Gasteiger partial charge < -0.3 is 15.2 Å². The molecular weight excluding hydrogens is 388 g/mol. The Morgan fingerprint density at radius 3 is 2.65 bits per heavy atom. The number of benzene rings is 1. The first-order valence-corrected chi connectivity index (χ1v) is 10.1. The molecule has 2 aromatic heterocycles. The normalized spacial score (nSPS) is 18.7. The number of rotatable bonds is 1. The smallest absolute Gasteiger partial charge is 0.283 e. The van der Waals surface area contributed by atoms with Crippen molar-refractivity contribution in [1.82, 2.24) is 9.97 Å². The maximum atomic E-state index is 6.15. The lowest BCUT2D eigenvalue weighted by molar-refractivity contribution is 0.262. The molecule has 6 heteroatoms. The van der Waals surface area contributed by atoms with E-state index in [4.69, 9.17) is 20.2 Å². The van der Waals surface area contributed by atoms with Crippen molar-refractivity contribution in [2.45, 2.75) is 26.3 Å². The highest BCUT2D eigenvalue weighted by Gasteiger charge is 2.47. The zero-order valence-electron chi connectivity index (χ0n) is 17.6. The van der Waals surface area contributed by atoms with Crippen LogP contribution in [0.4, 0.5) is 0 Å². The van der Waals surface area contributed by atoms with Gasteiger partial charge in [-0.2, -0.15) is 0 Å². The predicted octanol–water partition coefficient (Wildman–Crippen LogP) is 4.24. The Morgan fingerprint density at radius 1 is 1.06 bits per heavy atom. The number of amidine groups is 1. The van der Waals surface area contributed by atoms with Crippen LogP contribution in [0.3, 0.4) is 0 Å². The summed E-state index contributed by atoms with van der Waals surface area (Å²) in [5, 5.41) is 0. The van der Waals surface area contributed by atoms with E-state index in [-0.39, 0.29) is 18.0 Å². The molecule has 0 radical (unpaired) electrons. The number of aliphatic imine (C=N–C) groups is 1. The van der Waals surface area contributed by atoms with Gasteiger partial charge in [-0.05, 0) is 50.6 Å². The van der Waals surface area contributed by atoms with E-state index in [2.05, 4.69) is 48.6 Å². The Morgan fingerprint density at radius 2 is 1.94 bits per heavy atom. The predicted molar refractivity (Wildman–Crippen MR) is 119 cm³/mol. The maximum Gasteiger partial charge on any atom is 0.283 e. The molecule has 6 nitrogen and oxygen atoms in total. The highest BCUT2D eigenvalue weighted by atomic mass is 16.5. The second kappa shape index (κ2) is 6.85. The van der Waals surface area contributed by atoms with Gasteiger partial charge in [0, 0.05) is 40.7 Å². The van der Waals surface area contributed by atoms with Crippen LogP contribution in [-0.2, 0) is 10.3 Å². The highest BCUT2D eigenvalue weighted by Crippen LogP contribution is 2.51. The Labute approximate surface area is 181 Å². The summed E-state index contributed by atoms with van der Waals surface area (Å²) in [6.07, 6.45) is 5.31. The molecule has 4 heterocycles. The van der Waals surface area contributed by atoms with Gasteiger partial charge >= 0.3 is 0 Å². The molecule has 2 N–H and O–H groups in total. The number of nitrogens with two attached hydrogens (primary N) is 1. The molecule has 3 aromatic rings. The molecule has 2 aliphatic rings. The summed E-state index contributed by atoms with van der Waals surface area (Å²) in [7, 11) is 0. The quantitative estimate of drug-likeness (QED) is 0.607. The summed E-state index contributed by atoms with van der Waals surface area (Å²) < 4.78 is 11.8. The molecular formula is C25H22N4O2. The van der Waals surface area contributed by atoms with Gasteiger partial charge in [0.1, 0.15) is 12.4 Å². The van der Waals surface area contributed by atoms with Crippen molar-refractivity contribution >= 4 is 6.02 Å². The fourth-order valence-corrected chi connectivity index (χ4v) is 3.77. The first-order valence-electron chi connectivity index (χ1n) is 10.1. The zero-order valence-corrected chi connectivity index (χ0v) is 17.6. The second-order valence-corrected chi connectivity index (χ2v) is 8.73. The average Bonchev–Trinajstić information content (AvgIpc) is 3.15. The number of aromatic nitrogens is 2. The minimum Gasteiger partial charge on any atom is -0.462 e. The third-order valence-electron chi connectivity index (χ3n) is 5.24. The standard InChI is InChI=1S/C25H22N4O2/c1-24(2,3)9-8-16-11-20-22(28-13-16)31-21-7-6-17(18-5-4-10-27-14-18)12-19(21)25(20)15-30-23(26)29-25/h4-7,10-14H,15H2,1-3H3,(H2,26,29)/t25-/m0/s1. The Kier molecular flexibility index (Phi) is 4.23. The minimum absolute atomic E-state index is 0.117. The van der Waals surface area contributed by atoms with Crippen LogP contribution < -0.4 is 10.5 Å². The van der Waals surface area contributed by atoms with Gasteiger partial charge in [-0.3, -0.25) is 4.98 Å². The maximum absolute atomic E-state index is 6.15. The topological polar surface area (TPSA) is 82.6 Å². The van der Waals surface area contributed by atoms with E-state index in [1.54, 1.807) is 12.4 Å². The lowest BCUT2D eigenvalue weighted by Crippen LogP contribution is -2.31. The summed E-state index contributed by atoms with van der Waals surface area (Å²) in [6, 6.07) is 12.1. The van der Waals surface area contributed by atoms with E-state index in [0.29, 0.717) is 11.6 Å². The van der Waals surface area contributed by atoms with E-state index in [9.17, 15) is 0 Å². The van der Waals surface area contributed by atoms with E-state index >= 15 is 0 Å². The molecule has 1 aromatic carbocycles. The lowest BCUT2D eigenvalue weighted by Gasteiger charge is -2.33. The van der Waals surface area contributed by atoms with Crippen LogP contribution in [0, 0.1) is 17.3 Å². The first kappa shape index (κ1) is 19.1. The largest absolute Gasteiger partial charge is 0.462 e. The van der Waals surface area contributed by atoms with Gasteiger partial charge in [-0.1, -0.05) is 24.0 Å².